The summed E-state index contributed by atoms with van der Waals surface area (Å²) >= 11 is 0. The van der Waals surface area contributed by atoms with Gasteiger partial charge in [-0.25, -0.2) is 4.79 Å². The second kappa shape index (κ2) is 8.92. The van der Waals surface area contributed by atoms with Crippen LogP contribution in [-0.2, 0) is 14.3 Å². The van der Waals surface area contributed by atoms with E-state index in [1.54, 1.807) is 13.0 Å². The highest BCUT2D eigenvalue weighted by Crippen LogP contribution is 2.10. The minimum Gasteiger partial charge on any atom is -0.478 e. The Morgan fingerprint density at radius 1 is 1.42 bits per heavy atom. The zero-order valence-electron chi connectivity index (χ0n) is 11.4. The van der Waals surface area contributed by atoms with Crippen molar-refractivity contribution in [3.8, 4) is 6.07 Å². The first-order valence-electron chi connectivity index (χ1n) is 6.08. The van der Waals surface area contributed by atoms with Gasteiger partial charge in [-0.3, -0.25) is 4.79 Å². The fourth-order valence-corrected chi connectivity index (χ4v) is 1.21. The first-order chi connectivity index (χ1) is 8.90. The van der Waals surface area contributed by atoms with Gasteiger partial charge in [0.25, 0.3) is 0 Å². The Bertz CT molecular complexity index is 418. The van der Waals surface area contributed by atoms with E-state index in [0.29, 0.717) is 12.8 Å². The third-order valence-corrected chi connectivity index (χ3v) is 2.48. The number of carboxylic acids is 1. The van der Waals surface area contributed by atoms with E-state index in [9.17, 15) is 9.59 Å². The van der Waals surface area contributed by atoms with Crippen LogP contribution in [0.25, 0.3) is 0 Å². The zero-order chi connectivity index (χ0) is 14.8. The van der Waals surface area contributed by atoms with E-state index in [-0.39, 0.29) is 6.10 Å². The molecule has 0 saturated heterocycles. The monoisotopic (exact) mass is 265 g/mol. The van der Waals surface area contributed by atoms with Gasteiger partial charge in [0.2, 0.25) is 0 Å². The molecule has 5 heteroatoms. The molecule has 0 aromatic rings. The average molecular weight is 265 g/mol. The number of hydrogen-bond acceptors (Lipinski definition) is 4. The molecule has 1 N–H and O–H groups in total. The van der Waals surface area contributed by atoms with Crippen LogP contribution in [0, 0.1) is 17.2 Å². The number of ether oxygens (including phenoxy) is 1. The number of rotatable bonds is 7. The summed E-state index contributed by atoms with van der Waals surface area (Å²) in [6.45, 7) is 5.14. The molecule has 0 rings (SSSR count). The van der Waals surface area contributed by atoms with E-state index in [4.69, 9.17) is 15.1 Å². The minimum absolute atomic E-state index is 0.295. The summed E-state index contributed by atoms with van der Waals surface area (Å²) in [6.07, 6.45) is 5.17. The minimum atomic E-state index is -1.01. The molecule has 0 aromatic carbocycles. The lowest BCUT2D eigenvalue weighted by Gasteiger charge is -2.15. The summed E-state index contributed by atoms with van der Waals surface area (Å²) in [7, 11) is 0. The number of esters is 1. The number of carbonyl (C=O) groups is 2. The van der Waals surface area contributed by atoms with Gasteiger partial charge in [0.1, 0.15) is 12.0 Å². The first-order valence-corrected chi connectivity index (χ1v) is 6.08. The van der Waals surface area contributed by atoms with Crippen LogP contribution in [0.15, 0.2) is 23.8 Å². The van der Waals surface area contributed by atoms with Gasteiger partial charge in [0.15, 0.2) is 0 Å². The van der Waals surface area contributed by atoms with Gasteiger partial charge in [0, 0.05) is 12.5 Å². The Kier molecular flexibility index (Phi) is 7.94. The molecule has 0 amide bonds. The van der Waals surface area contributed by atoms with Crippen molar-refractivity contribution >= 4 is 11.9 Å². The van der Waals surface area contributed by atoms with Crippen LogP contribution >= 0.6 is 0 Å². The van der Waals surface area contributed by atoms with Crippen molar-refractivity contribution in [1.29, 1.82) is 5.26 Å². The van der Waals surface area contributed by atoms with Crippen molar-refractivity contribution in [3.63, 3.8) is 0 Å². The second-order valence-electron chi connectivity index (χ2n) is 4.17. The Balaban J connectivity index is 4.42. The highest BCUT2D eigenvalue weighted by atomic mass is 16.5. The van der Waals surface area contributed by atoms with Crippen LogP contribution in [0.3, 0.4) is 0 Å². The van der Waals surface area contributed by atoms with Crippen LogP contribution in [0.2, 0.25) is 0 Å². The third kappa shape index (κ3) is 7.77. The molecular formula is C14H19NO4. The van der Waals surface area contributed by atoms with Gasteiger partial charge in [-0.05, 0) is 20.3 Å². The third-order valence-electron chi connectivity index (χ3n) is 2.48. The number of hydrogen-bond donors (Lipinski definition) is 1. The summed E-state index contributed by atoms with van der Waals surface area (Å²) in [5.74, 6) is -2.30. The lowest BCUT2D eigenvalue weighted by atomic mass is 10.1. The van der Waals surface area contributed by atoms with Crippen LogP contribution in [-0.4, -0.2) is 23.1 Å². The lowest BCUT2D eigenvalue weighted by molar-refractivity contribution is -0.151. The number of carbonyl (C=O) groups excluding carboxylic acids is 1. The summed E-state index contributed by atoms with van der Waals surface area (Å²) < 4.78 is 5.18. The number of aliphatic carboxylic acids is 1. The number of allylic oxidation sites excluding steroid dienone is 2. The Labute approximate surface area is 113 Å². The number of nitrogens with zero attached hydrogens (tertiary/aromatic N) is 1. The molecule has 19 heavy (non-hydrogen) atoms. The molecule has 0 aromatic heterocycles. The molecule has 0 fully saturated rings. The van der Waals surface area contributed by atoms with Crippen molar-refractivity contribution in [2.75, 3.05) is 0 Å². The van der Waals surface area contributed by atoms with E-state index in [1.807, 2.05) is 13.0 Å². The molecule has 0 aliphatic carbocycles. The molecule has 2 atom stereocenters. The fourth-order valence-electron chi connectivity index (χ4n) is 1.21. The largest absolute Gasteiger partial charge is 0.478 e. The summed E-state index contributed by atoms with van der Waals surface area (Å²) in [6, 6.07) is 1.83. The molecule has 0 heterocycles. The molecule has 0 unspecified atom stereocenters. The standard InChI is InChI=1S/C14H19NO4/c1-4-12(19-14(18)11(3)9-15)7-5-10(2)6-8-13(16)17/h5-6,8,11-12H,4,7H2,1-3H3,(H,16,17)/b8-6+,10-5+/t11-,12+/m0/s1. The van der Waals surface area contributed by atoms with Gasteiger partial charge >= 0.3 is 11.9 Å². The zero-order valence-corrected chi connectivity index (χ0v) is 11.4. The van der Waals surface area contributed by atoms with Crippen LogP contribution in [0.5, 0.6) is 0 Å². The Morgan fingerprint density at radius 3 is 2.53 bits per heavy atom. The molecule has 0 aliphatic heterocycles. The van der Waals surface area contributed by atoms with Gasteiger partial charge < -0.3 is 9.84 Å². The van der Waals surface area contributed by atoms with E-state index < -0.39 is 17.9 Å². The van der Waals surface area contributed by atoms with E-state index >= 15 is 0 Å². The molecule has 5 nitrogen and oxygen atoms in total. The lowest BCUT2D eigenvalue weighted by Crippen LogP contribution is -2.21. The second-order valence-corrected chi connectivity index (χ2v) is 4.17. The maximum absolute atomic E-state index is 11.4. The molecule has 104 valence electrons. The molecule has 0 saturated carbocycles. The van der Waals surface area contributed by atoms with Crippen molar-refractivity contribution < 1.29 is 19.4 Å². The van der Waals surface area contributed by atoms with E-state index in [1.165, 1.54) is 13.0 Å². The highest BCUT2D eigenvalue weighted by Gasteiger charge is 2.17. The van der Waals surface area contributed by atoms with E-state index in [2.05, 4.69) is 0 Å². The van der Waals surface area contributed by atoms with Gasteiger partial charge in [-0.1, -0.05) is 24.6 Å². The van der Waals surface area contributed by atoms with E-state index in [0.717, 1.165) is 11.6 Å². The topological polar surface area (TPSA) is 87.4 Å². The normalized spacial score (nSPS) is 14.7. The van der Waals surface area contributed by atoms with Crippen LogP contribution in [0.1, 0.15) is 33.6 Å². The Hall–Kier alpha value is -2.09. The van der Waals surface area contributed by atoms with Crippen molar-refractivity contribution in [2.45, 2.75) is 39.7 Å². The van der Waals surface area contributed by atoms with Crippen molar-refractivity contribution in [2.24, 2.45) is 5.92 Å². The van der Waals surface area contributed by atoms with Crippen LogP contribution < -0.4 is 0 Å². The number of nitriles is 1. The molecule has 0 spiro atoms. The average Bonchev–Trinajstić information content (AvgIpc) is 2.39. The molecule has 0 bridgehead atoms. The predicted molar refractivity (Wildman–Crippen MR) is 70.1 cm³/mol. The maximum Gasteiger partial charge on any atom is 0.328 e. The SMILES string of the molecule is CC[C@H](C/C=C(C)/C=C/C(=O)O)OC(=O)[C@@H](C)C#N. The number of carboxylic acid groups (broad SMARTS) is 1. The quantitative estimate of drug-likeness (QED) is 0.434. The molecule has 0 aliphatic rings. The predicted octanol–water partition coefficient (Wildman–Crippen LogP) is 2.45. The highest BCUT2D eigenvalue weighted by molar-refractivity contribution is 5.80. The maximum atomic E-state index is 11.4. The van der Waals surface area contributed by atoms with Gasteiger partial charge in [-0.2, -0.15) is 5.26 Å². The van der Waals surface area contributed by atoms with Crippen molar-refractivity contribution in [3.05, 3.63) is 23.8 Å². The molecular weight excluding hydrogens is 246 g/mol. The fraction of sp³-hybridized carbons (Fsp3) is 0.500. The van der Waals surface area contributed by atoms with Crippen molar-refractivity contribution in [1.82, 2.24) is 0 Å². The summed E-state index contributed by atoms with van der Waals surface area (Å²) in [5, 5.41) is 17.1. The van der Waals surface area contributed by atoms with Gasteiger partial charge in [0.05, 0.1) is 6.07 Å². The summed E-state index contributed by atoms with van der Waals surface area (Å²) in [5.41, 5.74) is 0.783. The molecule has 0 radical (unpaired) electrons. The van der Waals surface area contributed by atoms with Crippen LogP contribution in [0.4, 0.5) is 0 Å². The Morgan fingerprint density at radius 2 is 2.05 bits per heavy atom. The summed E-state index contributed by atoms with van der Waals surface area (Å²) in [4.78, 5) is 21.8. The van der Waals surface area contributed by atoms with Gasteiger partial charge in [-0.15, -0.1) is 0 Å². The first kappa shape index (κ1) is 16.9. The smallest absolute Gasteiger partial charge is 0.328 e.